The molecule has 1 unspecified atom stereocenters. The zero-order valence-corrected chi connectivity index (χ0v) is 10.2. The Morgan fingerprint density at radius 1 is 1.53 bits per heavy atom. The summed E-state index contributed by atoms with van der Waals surface area (Å²) in [5, 5.41) is 3.15. The molecular weight excluding hydrogens is 221 g/mol. The summed E-state index contributed by atoms with van der Waals surface area (Å²) >= 11 is 0. The molecule has 0 aliphatic rings. The minimum Gasteiger partial charge on any atom is -0.469 e. The van der Waals surface area contributed by atoms with E-state index in [4.69, 9.17) is 0 Å². The Kier molecular flexibility index (Phi) is 5.63. The molecule has 1 rings (SSSR count). The molecule has 0 bridgehead atoms. The number of hydrogen-bond acceptors (Lipinski definition) is 3. The van der Waals surface area contributed by atoms with Crippen molar-refractivity contribution in [3.05, 3.63) is 35.6 Å². The van der Waals surface area contributed by atoms with Gasteiger partial charge in [-0.1, -0.05) is 19.1 Å². The number of methoxy groups -OCH3 is 1. The molecule has 0 aliphatic heterocycles. The fourth-order valence-electron chi connectivity index (χ4n) is 1.53. The van der Waals surface area contributed by atoms with Gasteiger partial charge in [0.15, 0.2) is 0 Å². The number of carbonyl (C=O) groups excluding carboxylic acids is 1. The molecule has 1 N–H and O–H groups in total. The van der Waals surface area contributed by atoms with Crippen LogP contribution in [0.4, 0.5) is 4.39 Å². The molecule has 4 heteroatoms. The number of esters is 1. The summed E-state index contributed by atoms with van der Waals surface area (Å²) in [5.41, 5.74) is 0.947. The first-order valence-electron chi connectivity index (χ1n) is 5.66. The molecule has 17 heavy (non-hydrogen) atoms. The topological polar surface area (TPSA) is 38.3 Å². The van der Waals surface area contributed by atoms with Crippen LogP contribution in [0.15, 0.2) is 24.3 Å². The molecule has 0 aromatic heterocycles. The van der Waals surface area contributed by atoms with E-state index in [9.17, 15) is 9.18 Å². The zero-order valence-electron chi connectivity index (χ0n) is 10.2. The van der Waals surface area contributed by atoms with Crippen LogP contribution < -0.4 is 5.32 Å². The summed E-state index contributed by atoms with van der Waals surface area (Å²) in [6, 6.07) is 6.53. The monoisotopic (exact) mass is 239 g/mol. The highest BCUT2D eigenvalue weighted by Crippen LogP contribution is 2.03. The minimum atomic E-state index is -0.219. The van der Waals surface area contributed by atoms with Crippen molar-refractivity contribution >= 4 is 5.97 Å². The molecule has 0 radical (unpaired) electrons. The first-order chi connectivity index (χ1) is 8.13. The van der Waals surface area contributed by atoms with E-state index in [1.807, 2.05) is 6.07 Å². The molecule has 1 aromatic rings. The van der Waals surface area contributed by atoms with Crippen LogP contribution >= 0.6 is 0 Å². The number of carbonyl (C=O) groups is 1. The van der Waals surface area contributed by atoms with Gasteiger partial charge < -0.3 is 10.1 Å². The Morgan fingerprint density at radius 3 is 2.94 bits per heavy atom. The molecule has 0 fully saturated rings. The summed E-state index contributed by atoms with van der Waals surface area (Å²) in [6.45, 7) is 3.09. The second kappa shape index (κ2) is 7.01. The second-order valence-electron chi connectivity index (χ2n) is 4.01. The maximum Gasteiger partial charge on any atom is 0.309 e. The van der Waals surface area contributed by atoms with Crippen molar-refractivity contribution in [2.45, 2.75) is 13.3 Å². The highest BCUT2D eigenvalue weighted by molar-refractivity contribution is 5.71. The summed E-state index contributed by atoms with van der Waals surface area (Å²) in [6.07, 6.45) is 0.742. The Hall–Kier alpha value is -1.42. The van der Waals surface area contributed by atoms with Gasteiger partial charge in [-0.05, 0) is 30.7 Å². The molecule has 94 valence electrons. The third-order valence-electron chi connectivity index (χ3n) is 2.53. The lowest BCUT2D eigenvalue weighted by molar-refractivity contribution is -0.144. The average Bonchev–Trinajstić information content (AvgIpc) is 2.33. The van der Waals surface area contributed by atoms with Crippen molar-refractivity contribution in [3.63, 3.8) is 0 Å². The fraction of sp³-hybridized carbons (Fsp3) is 0.462. The van der Waals surface area contributed by atoms with Crippen molar-refractivity contribution in [1.29, 1.82) is 0 Å². The largest absolute Gasteiger partial charge is 0.469 e. The first kappa shape index (κ1) is 13.6. The van der Waals surface area contributed by atoms with Crippen LogP contribution in [0.5, 0.6) is 0 Å². The standard InChI is InChI=1S/C13H18FNO2/c1-10(13(16)17-2)9-15-7-6-11-4-3-5-12(14)8-11/h3-5,8,10,15H,6-7,9H2,1-2H3. The van der Waals surface area contributed by atoms with E-state index >= 15 is 0 Å². The van der Waals surface area contributed by atoms with Crippen LogP contribution in [-0.4, -0.2) is 26.2 Å². The Bertz CT molecular complexity index is 368. The molecule has 0 saturated heterocycles. The van der Waals surface area contributed by atoms with Gasteiger partial charge in [0.1, 0.15) is 5.82 Å². The van der Waals surface area contributed by atoms with E-state index in [1.165, 1.54) is 19.2 Å². The minimum absolute atomic E-state index is 0.160. The van der Waals surface area contributed by atoms with Crippen molar-refractivity contribution in [3.8, 4) is 0 Å². The van der Waals surface area contributed by atoms with E-state index in [0.29, 0.717) is 13.1 Å². The van der Waals surface area contributed by atoms with Gasteiger partial charge in [-0.3, -0.25) is 4.79 Å². The van der Waals surface area contributed by atoms with Crippen LogP contribution in [0.2, 0.25) is 0 Å². The average molecular weight is 239 g/mol. The molecular formula is C13H18FNO2. The van der Waals surface area contributed by atoms with Crippen LogP contribution in [0.3, 0.4) is 0 Å². The van der Waals surface area contributed by atoms with Crippen molar-refractivity contribution in [2.75, 3.05) is 20.2 Å². The summed E-state index contributed by atoms with van der Waals surface area (Å²) in [4.78, 5) is 11.1. The third kappa shape index (κ3) is 4.95. The number of hydrogen-bond donors (Lipinski definition) is 1. The van der Waals surface area contributed by atoms with E-state index in [0.717, 1.165) is 12.0 Å². The smallest absolute Gasteiger partial charge is 0.309 e. The van der Waals surface area contributed by atoms with E-state index < -0.39 is 0 Å². The first-order valence-corrected chi connectivity index (χ1v) is 5.66. The van der Waals surface area contributed by atoms with Crippen molar-refractivity contribution in [1.82, 2.24) is 5.32 Å². The molecule has 0 spiro atoms. The number of nitrogens with one attached hydrogen (secondary N) is 1. The summed E-state index contributed by atoms with van der Waals surface area (Å²) in [5.74, 6) is -0.596. The van der Waals surface area contributed by atoms with Crippen LogP contribution in [0.1, 0.15) is 12.5 Å². The van der Waals surface area contributed by atoms with Gasteiger partial charge in [0.25, 0.3) is 0 Å². The molecule has 1 atom stereocenters. The second-order valence-corrected chi connectivity index (χ2v) is 4.01. The van der Waals surface area contributed by atoms with E-state index in [2.05, 4.69) is 10.1 Å². The van der Waals surface area contributed by atoms with Gasteiger partial charge in [-0.25, -0.2) is 4.39 Å². The predicted octanol–water partition coefficient (Wildman–Crippen LogP) is 1.77. The molecule has 0 heterocycles. The van der Waals surface area contributed by atoms with Crippen LogP contribution in [0.25, 0.3) is 0 Å². The predicted molar refractivity (Wildman–Crippen MR) is 64.2 cm³/mol. The highest BCUT2D eigenvalue weighted by atomic mass is 19.1. The quantitative estimate of drug-likeness (QED) is 0.607. The van der Waals surface area contributed by atoms with E-state index in [-0.39, 0.29) is 17.7 Å². The van der Waals surface area contributed by atoms with Gasteiger partial charge in [-0.2, -0.15) is 0 Å². The molecule has 1 aromatic carbocycles. The van der Waals surface area contributed by atoms with Gasteiger partial charge in [0.2, 0.25) is 0 Å². The Balaban J connectivity index is 2.22. The molecule has 0 amide bonds. The highest BCUT2D eigenvalue weighted by Gasteiger charge is 2.11. The number of ether oxygens (including phenoxy) is 1. The lowest BCUT2D eigenvalue weighted by Gasteiger charge is -2.10. The van der Waals surface area contributed by atoms with Gasteiger partial charge in [0, 0.05) is 6.54 Å². The maximum atomic E-state index is 12.9. The van der Waals surface area contributed by atoms with Crippen LogP contribution in [-0.2, 0) is 16.0 Å². The zero-order chi connectivity index (χ0) is 12.7. The fourth-order valence-corrected chi connectivity index (χ4v) is 1.53. The van der Waals surface area contributed by atoms with Crippen molar-refractivity contribution < 1.29 is 13.9 Å². The number of halogens is 1. The maximum absolute atomic E-state index is 12.9. The Labute approximate surface area is 101 Å². The number of benzene rings is 1. The normalized spacial score (nSPS) is 12.2. The van der Waals surface area contributed by atoms with Gasteiger partial charge >= 0.3 is 5.97 Å². The van der Waals surface area contributed by atoms with Gasteiger partial charge in [0.05, 0.1) is 13.0 Å². The van der Waals surface area contributed by atoms with Crippen LogP contribution in [0, 0.1) is 11.7 Å². The lowest BCUT2D eigenvalue weighted by Crippen LogP contribution is -2.28. The SMILES string of the molecule is COC(=O)C(C)CNCCc1cccc(F)c1. The van der Waals surface area contributed by atoms with Crippen molar-refractivity contribution in [2.24, 2.45) is 5.92 Å². The van der Waals surface area contributed by atoms with Gasteiger partial charge in [-0.15, -0.1) is 0 Å². The Morgan fingerprint density at radius 2 is 2.29 bits per heavy atom. The third-order valence-corrected chi connectivity index (χ3v) is 2.53. The van der Waals surface area contributed by atoms with E-state index in [1.54, 1.807) is 13.0 Å². The molecule has 0 aliphatic carbocycles. The summed E-state index contributed by atoms with van der Waals surface area (Å²) in [7, 11) is 1.38. The molecule has 0 saturated carbocycles. The molecule has 3 nitrogen and oxygen atoms in total. The summed E-state index contributed by atoms with van der Waals surface area (Å²) < 4.78 is 17.5. The lowest BCUT2D eigenvalue weighted by atomic mass is 10.1. The number of rotatable bonds is 6.